The summed E-state index contributed by atoms with van der Waals surface area (Å²) in [5.74, 6) is -15.6. The van der Waals surface area contributed by atoms with Gasteiger partial charge in [0.25, 0.3) is 0 Å². The second kappa shape index (κ2) is 44.3. The smallest absolute Gasteiger partial charge is 0.326 e. The van der Waals surface area contributed by atoms with Gasteiger partial charge in [-0.1, -0.05) is 79.6 Å². The molecule has 594 valence electrons. The zero-order chi connectivity index (χ0) is 79.9. The highest BCUT2D eigenvalue weighted by Crippen LogP contribution is 2.27. The summed E-state index contributed by atoms with van der Waals surface area (Å²) in [5, 5.41) is 59.2. The Kier molecular flexibility index (Phi) is 36.3. The number of fused-ring (bicyclic) bond motifs is 2. The van der Waals surface area contributed by atoms with Gasteiger partial charge in [-0.15, -0.1) is 0 Å². The number of hydrogen-bond donors (Lipinski definition) is 20. The Balaban J connectivity index is 1.57. The van der Waals surface area contributed by atoms with Gasteiger partial charge < -0.3 is 112 Å². The number of carbonyl (C=O) groups is 14. The van der Waals surface area contributed by atoms with Crippen LogP contribution in [0, 0.1) is 11.8 Å². The number of aliphatic carboxylic acids is 2. The average Bonchev–Trinajstić information content (AvgIpc) is 1.14. The quantitative estimate of drug-likeness (QED) is 0.0115. The zero-order valence-corrected chi connectivity index (χ0v) is 63.5. The molecule has 0 bridgehead atoms. The second-order valence-electron chi connectivity index (χ2n) is 26.7. The molecule has 12 amide bonds. The van der Waals surface area contributed by atoms with Crippen LogP contribution in [0.3, 0.4) is 0 Å². The third kappa shape index (κ3) is 28.9. The molecule has 0 aliphatic carbocycles. The normalized spacial score (nSPS) is 19.1. The number of phenols is 1. The number of aliphatic imine (C=N–C) groups is 2. The van der Waals surface area contributed by atoms with Crippen LogP contribution in [0.15, 0.2) is 64.7 Å². The highest BCUT2D eigenvalue weighted by molar-refractivity contribution is 8.76. The number of nitrogens with two attached hydrogens (primary N) is 5. The fourth-order valence-electron chi connectivity index (χ4n) is 11.5. The molecule has 1 aromatic heterocycles. The summed E-state index contributed by atoms with van der Waals surface area (Å²) in [6.07, 6.45) is 1.93. The Hall–Kier alpha value is -10.1. The number of nitrogens with one attached hydrogen (secondary N) is 12. The molecule has 2 aliphatic rings. The minimum atomic E-state index is -1.67. The molecule has 2 saturated heterocycles. The predicted molar refractivity (Wildman–Crippen MR) is 406 cm³/mol. The number of carboxylic acids is 2. The van der Waals surface area contributed by atoms with E-state index >= 15 is 14.4 Å². The number of carbonyl (C=O) groups excluding carboxylic acids is 12. The van der Waals surface area contributed by atoms with Crippen LogP contribution in [0.1, 0.15) is 104 Å². The van der Waals surface area contributed by atoms with Crippen molar-refractivity contribution in [2.24, 2.45) is 50.5 Å². The largest absolute Gasteiger partial charge is 0.508 e. The summed E-state index contributed by atoms with van der Waals surface area (Å²) in [6.45, 7) is 6.90. The first-order chi connectivity index (χ1) is 51.2. The van der Waals surface area contributed by atoms with Gasteiger partial charge in [-0.25, -0.2) is 4.79 Å². The predicted octanol–water partition coefficient (Wildman–Crippen LogP) is -3.52. The lowest BCUT2D eigenvalue weighted by molar-refractivity contribution is -0.144. The maximum absolute atomic E-state index is 15.2. The van der Waals surface area contributed by atoms with Gasteiger partial charge in [0.15, 0.2) is 11.9 Å². The molecule has 0 spiro atoms. The molecule has 2 aromatic carbocycles. The van der Waals surface area contributed by atoms with Crippen molar-refractivity contribution >= 4 is 139 Å². The molecule has 12 atom stereocenters. The lowest BCUT2D eigenvalue weighted by Crippen LogP contribution is -2.61. The number of rotatable bonds is 37. The number of aromatic nitrogens is 1. The summed E-state index contributed by atoms with van der Waals surface area (Å²) in [4.78, 5) is 209. The Bertz CT molecular complexity index is 3710. The number of amides is 12. The Morgan fingerprint density at radius 1 is 0.657 bits per heavy atom. The van der Waals surface area contributed by atoms with Crippen molar-refractivity contribution in [3.8, 4) is 5.75 Å². The molecule has 3 heterocycles. The molecule has 25 N–H and O–H groups in total. The summed E-state index contributed by atoms with van der Waals surface area (Å²) in [6, 6.07) is -4.51. The average molecular weight is 1570 g/mol. The van der Waals surface area contributed by atoms with E-state index in [4.69, 9.17) is 28.7 Å². The first kappa shape index (κ1) is 88.5. The summed E-state index contributed by atoms with van der Waals surface area (Å²) < 4.78 is 0. The van der Waals surface area contributed by atoms with E-state index in [1.807, 2.05) is 0 Å². The van der Waals surface area contributed by atoms with E-state index in [2.05, 4.69) is 73.5 Å². The van der Waals surface area contributed by atoms with E-state index in [0.29, 0.717) is 27.8 Å². The number of carboxylic acid groups (broad SMARTS) is 2. The number of benzene rings is 2. The number of phenolic OH excluding ortho intramolecular Hbond substituents is 1. The Labute approximate surface area is 636 Å². The molecule has 0 unspecified atom stereocenters. The van der Waals surface area contributed by atoms with Crippen LogP contribution in [0.4, 0.5) is 0 Å². The summed E-state index contributed by atoms with van der Waals surface area (Å²) in [5.41, 5.74) is 29.7. The van der Waals surface area contributed by atoms with Crippen molar-refractivity contribution in [3.05, 3.63) is 65.9 Å². The van der Waals surface area contributed by atoms with Crippen molar-refractivity contribution in [3.63, 3.8) is 0 Å². The highest BCUT2D eigenvalue weighted by atomic mass is 33.1. The standard InChI is InChI=1S/C68H102N20O17S3/c1-34(2)53(86-58(96)44(23-27-106-6)79-55(93)36(5)69)64(102)77-31-51(90)78-42(14-9-24-74-67(70)71)56(94)84-48-32-107-108-33-49(62(100)83-47(29-38-30-76-41-13-8-7-12-40(38)41)60(98)80-43(21-22-52(91)92)57(95)87-54(35(3)4)66(104)105)85-63(101)50-16-11-26-88(50)65(103)45(15-10-25-75-68(72)73)81-59(97)46(82-61(48)99)28-37-17-19-39(89)20-18-37/h7-8,12-13,17-20,30,34-36,42-50,53-54,76,89H,9-11,14-16,21-29,31-33,69H2,1-6H3,(H,77,102)(H,78,90)(H,79,93)(H,80,98)(H,81,97)(H,82,99)(H,83,100)(H,84,94)(H,85,101)(H,86,96)(H,87,95)(H,91,92)(H,104,105)(H4,70,71,74)(H4,72,73,75)/t36-,42-,43+,44-,45+,46-,47+,48-,49-,50-,53-,54+/m0/s1. The van der Waals surface area contributed by atoms with Gasteiger partial charge in [-0.3, -0.25) is 72.3 Å². The van der Waals surface area contributed by atoms with Crippen LogP contribution in [0.2, 0.25) is 0 Å². The van der Waals surface area contributed by atoms with Gasteiger partial charge in [-0.2, -0.15) is 11.8 Å². The minimum Gasteiger partial charge on any atom is -0.508 e. The van der Waals surface area contributed by atoms with E-state index in [9.17, 15) is 68.1 Å². The number of H-pyrrole nitrogens is 1. The zero-order valence-electron chi connectivity index (χ0n) is 61.0. The Morgan fingerprint density at radius 2 is 1.26 bits per heavy atom. The van der Waals surface area contributed by atoms with E-state index in [1.165, 1.54) is 61.7 Å². The minimum absolute atomic E-state index is 0.0119. The topological polar surface area (TPSA) is 606 Å². The summed E-state index contributed by atoms with van der Waals surface area (Å²) in [7, 11) is 1.77. The molecule has 37 nitrogen and oxygen atoms in total. The first-order valence-corrected chi connectivity index (χ1v) is 39.0. The molecule has 3 aromatic rings. The number of para-hydroxylation sites is 1. The lowest BCUT2D eigenvalue weighted by Gasteiger charge is -2.31. The number of thioether (sulfide) groups is 1. The van der Waals surface area contributed by atoms with Crippen molar-refractivity contribution < 1.29 is 82.4 Å². The lowest BCUT2D eigenvalue weighted by atomic mass is 10.0. The molecular formula is C68H102N20O17S3. The maximum Gasteiger partial charge on any atom is 0.326 e. The molecule has 0 saturated carbocycles. The van der Waals surface area contributed by atoms with Crippen LogP contribution >= 0.6 is 33.3 Å². The maximum atomic E-state index is 15.2. The van der Waals surface area contributed by atoms with Gasteiger partial charge in [0.1, 0.15) is 72.2 Å². The van der Waals surface area contributed by atoms with Crippen LogP contribution in [0.5, 0.6) is 5.75 Å². The first-order valence-electron chi connectivity index (χ1n) is 35.2. The molecule has 108 heavy (non-hydrogen) atoms. The van der Waals surface area contributed by atoms with Gasteiger partial charge in [0.05, 0.1) is 12.6 Å². The molecule has 0 radical (unpaired) electrons. The summed E-state index contributed by atoms with van der Waals surface area (Å²) >= 11 is 1.42. The molecule has 5 rings (SSSR count). The van der Waals surface area contributed by atoms with Crippen LogP contribution in [0.25, 0.3) is 10.9 Å². The van der Waals surface area contributed by atoms with Crippen LogP contribution in [-0.4, -0.2) is 242 Å². The molecule has 40 heteroatoms. The number of aromatic hydroxyl groups is 1. The van der Waals surface area contributed by atoms with Crippen molar-refractivity contribution in [2.75, 3.05) is 49.7 Å². The van der Waals surface area contributed by atoms with E-state index < -0.39 is 198 Å². The number of aromatic amines is 1. The van der Waals surface area contributed by atoms with Crippen molar-refractivity contribution in [1.29, 1.82) is 0 Å². The third-order valence-electron chi connectivity index (χ3n) is 17.4. The van der Waals surface area contributed by atoms with Crippen molar-refractivity contribution in [1.82, 2.24) is 68.4 Å². The van der Waals surface area contributed by atoms with Crippen LogP contribution in [-0.2, 0) is 80.0 Å². The molecule has 2 aliphatic heterocycles. The van der Waals surface area contributed by atoms with Crippen LogP contribution < -0.4 is 87.2 Å². The second-order valence-corrected chi connectivity index (χ2v) is 30.2. The van der Waals surface area contributed by atoms with E-state index in [1.54, 1.807) is 50.6 Å². The van der Waals surface area contributed by atoms with E-state index in [-0.39, 0.29) is 95.1 Å². The Morgan fingerprint density at radius 3 is 1.89 bits per heavy atom. The van der Waals surface area contributed by atoms with Gasteiger partial charge >= 0.3 is 11.9 Å². The SMILES string of the molecule is CSCC[C@H](NC(=O)[C@H](C)N)C(=O)N[C@H](C(=O)NCC(=O)N[C@@H](CCCN=C(N)N)C(=O)N[C@H]1CSSC[C@@H](C(=O)N[C@H](Cc2c[nH]c3ccccc23)C(=O)N[C@H](CCC(=O)O)C(=O)N[C@@H](C(=O)O)C(C)C)NC(=O)[C@@H]2CCCN2C(=O)[C@@H](CCCN=C(N)N)NC(=O)[C@H](Cc2ccc(O)cc2)NC1=O)C(C)C. The number of nitrogens with zero attached hydrogens (tertiary/aromatic N) is 3. The van der Waals surface area contributed by atoms with Gasteiger partial charge in [0.2, 0.25) is 70.9 Å². The number of hydrogen-bond acceptors (Lipinski definition) is 21. The van der Waals surface area contributed by atoms with Gasteiger partial charge in [-0.05, 0) is 111 Å². The molecular weight excluding hydrogens is 1470 g/mol. The monoisotopic (exact) mass is 1570 g/mol. The fraction of sp³-hybridized carbons (Fsp3) is 0.559. The van der Waals surface area contributed by atoms with E-state index in [0.717, 1.165) is 21.6 Å². The highest BCUT2D eigenvalue weighted by Gasteiger charge is 2.42. The van der Waals surface area contributed by atoms with Gasteiger partial charge in [0, 0.05) is 67.5 Å². The fourth-order valence-corrected chi connectivity index (χ4v) is 14.3. The molecule has 2 fully saturated rings. The third-order valence-corrected chi connectivity index (χ3v) is 20.5. The van der Waals surface area contributed by atoms with Crippen molar-refractivity contribution in [2.45, 2.75) is 178 Å². The number of guanidine groups is 2.